The van der Waals surface area contributed by atoms with Gasteiger partial charge in [-0.2, -0.15) is 11.8 Å². The van der Waals surface area contributed by atoms with E-state index >= 15 is 0 Å². The minimum absolute atomic E-state index is 0.656. The Bertz CT molecular complexity index is 395. The third kappa shape index (κ3) is 4.46. The van der Waals surface area contributed by atoms with Crippen LogP contribution in [0.5, 0.6) is 0 Å². The van der Waals surface area contributed by atoms with Gasteiger partial charge in [-0.15, -0.1) is 5.10 Å². The van der Waals surface area contributed by atoms with Gasteiger partial charge < -0.3 is 5.32 Å². The zero-order chi connectivity index (χ0) is 14.4. The summed E-state index contributed by atoms with van der Waals surface area (Å²) in [6.45, 7) is 11.9. The lowest BCUT2D eigenvalue weighted by Crippen LogP contribution is -2.45. The second kappa shape index (κ2) is 8.00. The number of rotatable bonds is 7. The third-order valence-corrected chi connectivity index (χ3v) is 5.29. The van der Waals surface area contributed by atoms with Crippen molar-refractivity contribution in [3.8, 4) is 0 Å². The van der Waals surface area contributed by atoms with E-state index < -0.39 is 0 Å². The Kier molecular flexibility index (Phi) is 6.32. The van der Waals surface area contributed by atoms with Gasteiger partial charge in [0.25, 0.3) is 0 Å². The van der Waals surface area contributed by atoms with Gasteiger partial charge in [0.2, 0.25) is 0 Å². The van der Waals surface area contributed by atoms with Crippen molar-refractivity contribution in [1.82, 2.24) is 25.2 Å². The first-order valence-corrected chi connectivity index (χ1v) is 8.71. The van der Waals surface area contributed by atoms with Crippen molar-refractivity contribution in [1.29, 1.82) is 0 Å². The quantitative estimate of drug-likeness (QED) is 0.775. The number of nitrogens with one attached hydrogen (secondary N) is 1. The molecule has 2 unspecified atom stereocenters. The predicted molar refractivity (Wildman–Crippen MR) is 85.0 cm³/mol. The molecule has 1 fully saturated rings. The molecule has 20 heavy (non-hydrogen) atoms. The van der Waals surface area contributed by atoms with Crippen molar-refractivity contribution in [2.24, 2.45) is 0 Å². The van der Waals surface area contributed by atoms with Gasteiger partial charge in [0, 0.05) is 42.9 Å². The van der Waals surface area contributed by atoms with Gasteiger partial charge in [0.1, 0.15) is 0 Å². The summed E-state index contributed by atoms with van der Waals surface area (Å²) < 4.78 is 1.97. The van der Waals surface area contributed by atoms with E-state index in [4.69, 9.17) is 0 Å². The van der Waals surface area contributed by atoms with Crippen molar-refractivity contribution < 1.29 is 0 Å². The predicted octanol–water partition coefficient (Wildman–Crippen LogP) is 1.60. The topological polar surface area (TPSA) is 46.0 Å². The van der Waals surface area contributed by atoms with Crippen molar-refractivity contribution in [2.45, 2.75) is 51.6 Å². The molecule has 0 amide bonds. The summed E-state index contributed by atoms with van der Waals surface area (Å²) in [4.78, 5) is 2.57. The number of nitrogens with zero attached hydrogens (tertiary/aromatic N) is 4. The van der Waals surface area contributed by atoms with Crippen LogP contribution in [0, 0.1) is 0 Å². The van der Waals surface area contributed by atoms with E-state index in [1.54, 1.807) is 0 Å². The summed E-state index contributed by atoms with van der Waals surface area (Å²) in [5.74, 6) is 1.25. The molecule has 114 valence electrons. The van der Waals surface area contributed by atoms with Crippen LogP contribution in [-0.2, 0) is 13.1 Å². The second-order valence-corrected chi connectivity index (χ2v) is 6.99. The number of hydrogen-bond donors (Lipinski definition) is 1. The lowest BCUT2D eigenvalue weighted by atomic mass is 10.2. The fourth-order valence-corrected chi connectivity index (χ4v) is 3.63. The first kappa shape index (κ1) is 15.8. The van der Waals surface area contributed by atoms with E-state index in [1.807, 2.05) is 4.68 Å². The van der Waals surface area contributed by atoms with E-state index in [9.17, 15) is 0 Å². The molecule has 0 saturated carbocycles. The van der Waals surface area contributed by atoms with Crippen LogP contribution in [-0.4, -0.2) is 56.6 Å². The SMILES string of the molecule is CCCNCc1cn(CCN2CCSC(C)C2C)nn1. The minimum Gasteiger partial charge on any atom is -0.311 e. The Morgan fingerprint density at radius 1 is 1.40 bits per heavy atom. The highest BCUT2D eigenvalue weighted by molar-refractivity contribution is 8.00. The molecule has 2 rings (SSSR count). The highest BCUT2D eigenvalue weighted by Gasteiger charge is 2.24. The molecule has 5 nitrogen and oxygen atoms in total. The first-order valence-electron chi connectivity index (χ1n) is 7.66. The maximum absolute atomic E-state index is 4.22. The Labute approximate surface area is 126 Å². The number of hydrogen-bond acceptors (Lipinski definition) is 5. The van der Waals surface area contributed by atoms with E-state index in [2.05, 4.69) is 59.3 Å². The molecule has 1 saturated heterocycles. The fraction of sp³-hybridized carbons (Fsp3) is 0.857. The van der Waals surface area contributed by atoms with Crippen molar-refractivity contribution in [3.05, 3.63) is 11.9 Å². The molecule has 6 heteroatoms. The van der Waals surface area contributed by atoms with Gasteiger partial charge in [-0.05, 0) is 19.9 Å². The molecule has 1 N–H and O–H groups in total. The zero-order valence-corrected chi connectivity index (χ0v) is 13.7. The first-order chi connectivity index (χ1) is 9.70. The highest BCUT2D eigenvalue weighted by Crippen LogP contribution is 2.23. The van der Waals surface area contributed by atoms with Crippen molar-refractivity contribution in [3.63, 3.8) is 0 Å². The minimum atomic E-state index is 0.656. The molecular formula is C14H27N5S. The summed E-state index contributed by atoms with van der Waals surface area (Å²) in [5, 5.41) is 12.5. The van der Waals surface area contributed by atoms with Crippen LogP contribution in [0.25, 0.3) is 0 Å². The lowest BCUT2D eigenvalue weighted by molar-refractivity contribution is 0.202. The molecule has 1 aliphatic rings. The molecule has 2 heterocycles. The van der Waals surface area contributed by atoms with Gasteiger partial charge in [-0.1, -0.05) is 19.1 Å². The van der Waals surface area contributed by atoms with E-state index in [0.717, 1.165) is 43.5 Å². The summed E-state index contributed by atoms with van der Waals surface area (Å²) in [5.41, 5.74) is 1.04. The normalized spacial score (nSPS) is 24.1. The maximum Gasteiger partial charge on any atom is 0.0964 e. The standard InChI is InChI=1S/C14H27N5S/c1-4-5-15-10-14-11-19(17-16-14)7-6-18-8-9-20-13(3)12(18)2/h11-13,15H,4-10H2,1-3H3. The van der Waals surface area contributed by atoms with Gasteiger partial charge in [-0.3, -0.25) is 9.58 Å². The molecule has 0 radical (unpaired) electrons. The monoisotopic (exact) mass is 297 g/mol. The molecule has 0 aromatic carbocycles. The van der Waals surface area contributed by atoms with E-state index in [-0.39, 0.29) is 0 Å². The Morgan fingerprint density at radius 3 is 3.05 bits per heavy atom. The smallest absolute Gasteiger partial charge is 0.0964 e. The highest BCUT2D eigenvalue weighted by atomic mass is 32.2. The third-order valence-electron chi connectivity index (χ3n) is 3.95. The molecule has 1 aromatic rings. The maximum atomic E-state index is 4.22. The summed E-state index contributed by atoms with van der Waals surface area (Å²) in [6, 6.07) is 0.656. The van der Waals surface area contributed by atoms with Crippen molar-refractivity contribution in [2.75, 3.05) is 25.4 Å². The van der Waals surface area contributed by atoms with Gasteiger partial charge in [0.15, 0.2) is 0 Å². The van der Waals surface area contributed by atoms with E-state index in [1.165, 1.54) is 12.3 Å². The van der Waals surface area contributed by atoms with Gasteiger partial charge in [-0.25, -0.2) is 0 Å². The molecule has 0 bridgehead atoms. The van der Waals surface area contributed by atoms with Crippen molar-refractivity contribution >= 4 is 11.8 Å². The Balaban J connectivity index is 1.76. The summed E-state index contributed by atoms with van der Waals surface area (Å²) >= 11 is 2.08. The van der Waals surface area contributed by atoms with Gasteiger partial charge >= 0.3 is 0 Å². The van der Waals surface area contributed by atoms with Crippen LogP contribution in [0.15, 0.2) is 6.20 Å². The largest absolute Gasteiger partial charge is 0.311 e. The van der Waals surface area contributed by atoms with Crippen LogP contribution in [0.4, 0.5) is 0 Å². The molecule has 0 aliphatic carbocycles. The molecule has 0 spiro atoms. The summed E-state index contributed by atoms with van der Waals surface area (Å²) in [7, 11) is 0. The molecule has 2 atom stereocenters. The Hall–Kier alpha value is -0.590. The van der Waals surface area contributed by atoms with E-state index in [0.29, 0.717) is 6.04 Å². The van der Waals surface area contributed by atoms with Crippen LogP contribution < -0.4 is 5.32 Å². The Morgan fingerprint density at radius 2 is 2.25 bits per heavy atom. The molecule has 1 aliphatic heterocycles. The molecular weight excluding hydrogens is 270 g/mol. The van der Waals surface area contributed by atoms with Gasteiger partial charge in [0.05, 0.1) is 12.2 Å². The molecule has 1 aromatic heterocycles. The fourth-order valence-electron chi connectivity index (χ4n) is 2.46. The van der Waals surface area contributed by atoms with Crippen LogP contribution >= 0.6 is 11.8 Å². The van der Waals surface area contributed by atoms with Crippen LogP contribution in [0.1, 0.15) is 32.9 Å². The number of aromatic nitrogens is 3. The average molecular weight is 297 g/mol. The second-order valence-electron chi connectivity index (χ2n) is 5.50. The lowest BCUT2D eigenvalue weighted by Gasteiger charge is -2.37. The zero-order valence-electron chi connectivity index (χ0n) is 12.9. The van der Waals surface area contributed by atoms with Crippen LogP contribution in [0.2, 0.25) is 0 Å². The summed E-state index contributed by atoms with van der Waals surface area (Å²) in [6.07, 6.45) is 3.21. The van der Waals surface area contributed by atoms with Crippen LogP contribution in [0.3, 0.4) is 0 Å². The number of thioether (sulfide) groups is 1. The average Bonchev–Trinajstić information content (AvgIpc) is 2.89.